The summed E-state index contributed by atoms with van der Waals surface area (Å²) in [5.74, 6) is 0.120. The molecule has 0 N–H and O–H groups in total. The van der Waals surface area contributed by atoms with Crippen LogP contribution in [-0.2, 0) is 19.6 Å². The summed E-state index contributed by atoms with van der Waals surface area (Å²) in [6.07, 6.45) is 0.835. The molecule has 3 aliphatic heterocycles. The fourth-order valence-electron chi connectivity index (χ4n) is 3.76. The highest BCUT2D eigenvalue weighted by Crippen LogP contribution is 2.34. The second kappa shape index (κ2) is 6.66. The number of hydrogen-bond donors (Lipinski definition) is 0. The van der Waals surface area contributed by atoms with Gasteiger partial charge in [-0.15, -0.1) is 0 Å². The minimum Gasteiger partial charge on any atom is -0.371 e. The van der Waals surface area contributed by atoms with Crippen LogP contribution in [0.15, 0.2) is 0 Å². The standard InChI is InChI=1S/C15H27N3O4S/c1-3-8-23(20,21)18-10-12-9-13(14(11-18)22-12)15(19)17-6-4-16(2)5-7-17/h12-14H,3-11H2,1-2H3/t12-,13+,14-/m0/s1. The number of nitrogens with zero attached hydrogens (tertiary/aromatic N) is 3. The summed E-state index contributed by atoms with van der Waals surface area (Å²) in [6, 6.07) is 0. The minimum atomic E-state index is -3.22. The number of ether oxygens (including phenoxy) is 1. The van der Waals surface area contributed by atoms with Gasteiger partial charge in [-0.05, 0) is 19.9 Å². The maximum Gasteiger partial charge on any atom is 0.228 e. The smallest absolute Gasteiger partial charge is 0.228 e. The average molecular weight is 345 g/mol. The van der Waals surface area contributed by atoms with E-state index in [1.165, 1.54) is 4.31 Å². The second-order valence-electron chi connectivity index (χ2n) is 6.90. The Balaban J connectivity index is 1.65. The van der Waals surface area contributed by atoms with Crippen molar-refractivity contribution >= 4 is 15.9 Å². The predicted molar refractivity (Wildman–Crippen MR) is 86.5 cm³/mol. The zero-order valence-corrected chi connectivity index (χ0v) is 14.8. The van der Waals surface area contributed by atoms with Crippen LogP contribution in [0.2, 0.25) is 0 Å². The van der Waals surface area contributed by atoms with Gasteiger partial charge in [0.1, 0.15) is 0 Å². The molecule has 8 heteroatoms. The van der Waals surface area contributed by atoms with E-state index in [-0.39, 0.29) is 29.8 Å². The third-order valence-corrected chi connectivity index (χ3v) is 7.12. The van der Waals surface area contributed by atoms with Gasteiger partial charge in [-0.1, -0.05) is 6.92 Å². The van der Waals surface area contributed by atoms with Crippen molar-refractivity contribution in [3.05, 3.63) is 0 Å². The van der Waals surface area contributed by atoms with E-state index >= 15 is 0 Å². The summed E-state index contributed by atoms with van der Waals surface area (Å²) >= 11 is 0. The molecule has 0 aromatic carbocycles. The molecule has 0 aromatic heterocycles. The molecule has 3 saturated heterocycles. The van der Waals surface area contributed by atoms with Crippen molar-refractivity contribution in [3.8, 4) is 0 Å². The monoisotopic (exact) mass is 345 g/mol. The third-order valence-electron chi connectivity index (χ3n) is 5.11. The molecule has 0 aromatic rings. The SMILES string of the molecule is CCCS(=O)(=O)N1C[C@@H]2C[C@@H](C(=O)N3CCN(C)CC3)[C@H](C1)O2. The summed E-state index contributed by atoms with van der Waals surface area (Å²) < 4.78 is 32.0. The molecule has 0 spiro atoms. The topological polar surface area (TPSA) is 70.2 Å². The van der Waals surface area contributed by atoms with Crippen LogP contribution in [-0.4, -0.2) is 92.7 Å². The number of carbonyl (C=O) groups excluding carboxylic acids is 1. The summed E-state index contributed by atoms with van der Waals surface area (Å²) in [5, 5.41) is 0. The highest BCUT2D eigenvalue weighted by atomic mass is 32.2. The molecule has 0 radical (unpaired) electrons. The number of morpholine rings is 1. The molecule has 3 atom stereocenters. The van der Waals surface area contributed by atoms with E-state index in [0.717, 1.165) is 26.2 Å². The van der Waals surface area contributed by atoms with Crippen molar-refractivity contribution in [1.82, 2.24) is 14.1 Å². The van der Waals surface area contributed by atoms with E-state index in [2.05, 4.69) is 11.9 Å². The Bertz CT molecular complexity index is 545. The minimum absolute atomic E-state index is 0.137. The summed E-state index contributed by atoms with van der Waals surface area (Å²) in [4.78, 5) is 16.9. The summed E-state index contributed by atoms with van der Waals surface area (Å²) in [7, 11) is -1.16. The van der Waals surface area contributed by atoms with E-state index < -0.39 is 10.0 Å². The van der Waals surface area contributed by atoms with E-state index in [9.17, 15) is 13.2 Å². The van der Waals surface area contributed by atoms with E-state index in [0.29, 0.717) is 25.9 Å². The van der Waals surface area contributed by atoms with Crippen LogP contribution < -0.4 is 0 Å². The van der Waals surface area contributed by atoms with Crippen molar-refractivity contribution in [2.24, 2.45) is 5.92 Å². The van der Waals surface area contributed by atoms with Gasteiger partial charge in [0, 0.05) is 39.3 Å². The Labute approximate surface area is 138 Å². The fraction of sp³-hybridized carbons (Fsp3) is 0.933. The van der Waals surface area contributed by atoms with Crippen molar-refractivity contribution in [2.45, 2.75) is 32.0 Å². The van der Waals surface area contributed by atoms with E-state index in [1.54, 1.807) is 0 Å². The Morgan fingerprint density at radius 1 is 1.17 bits per heavy atom. The first-order valence-electron chi connectivity index (χ1n) is 8.51. The van der Waals surface area contributed by atoms with Gasteiger partial charge in [0.2, 0.25) is 15.9 Å². The number of carbonyl (C=O) groups is 1. The number of piperazine rings is 1. The Hall–Kier alpha value is -0.700. The average Bonchev–Trinajstić information content (AvgIpc) is 2.81. The molecule has 7 nitrogen and oxygen atoms in total. The lowest BCUT2D eigenvalue weighted by molar-refractivity contribution is -0.139. The molecule has 3 fully saturated rings. The normalized spacial score (nSPS) is 33.1. The molecule has 23 heavy (non-hydrogen) atoms. The summed E-state index contributed by atoms with van der Waals surface area (Å²) in [5.41, 5.74) is 0. The molecule has 3 heterocycles. The lowest BCUT2D eigenvalue weighted by Gasteiger charge is -2.35. The number of fused-ring (bicyclic) bond motifs is 2. The Morgan fingerprint density at radius 3 is 2.52 bits per heavy atom. The van der Waals surface area contributed by atoms with E-state index in [4.69, 9.17) is 4.74 Å². The number of likely N-dealkylation sites (N-methyl/N-ethyl adjacent to an activating group) is 1. The lowest BCUT2D eigenvalue weighted by atomic mass is 9.98. The Kier molecular flexibility index (Phi) is 4.96. The Morgan fingerprint density at radius 2 is 1.87 bits per heavy atom. The van der Waals surface area contributed by atoms with Crippen LogP contribution in [0.25, 0.3) is 0 Å². The second-order valence-corrected chi connectivity index (χ2v) is 8.99. The zero-order valence-electron chi connectivity index (χ0n) is 14.0. The molecule has 3 aliphatic rings. The quantitative estimate of drug-likeness (QED) is 0.693. The zero-order chi connectivity index (χ0) is 16.6. The van der Waals surface area contributed by atoms with Crippen molar-refractivity contribution in [1.29, 1.82) is 0 Å². The summed E-state index contributed by atoms with van der Waals surface area (Å²) in [6.45, 7) is 5.87. The third kappa shape index (κ3) is 3.55. The van der Waals surface area contributed by atoms with Gasteiger partial charge < -0.3 is 14.5 Å². The van der Waals surface area contributed by atoms with Crippen molar-refractivity contribution < 1.29 is 17.9 Å². The largest absolute Gasteiger partial charge is 0.371 e. The molecule has 132 valence electrons. The predicted octanol–water partition coefficient (Wildman–Crippen LogP) is -0.410. The number of rotatable bonds is 4. The van der Waals surface area contributed by atoms with Gasteiger partial charge in [-0.3, -0.25) is 4.79 Å². The van der Waals surface area contributed by atoms with E-state index in [1.807, 2.05) is 11.8 Å². The van der Waals surface area contributed by atoms with Crippen molar-refractivity contribution in [3.63, 3.8) is 0 Å². The van der Waals surface area contributed by atoms with Gasteiger partial charge in [0.25, 0.3) is 0 Å². The molecular weight excluding hydrogens is 318 g/mol. The van der Waals surface area contributed by atoms with Gasteiger partial charge >= 0.3 is 0 Å². The maximum atomic E-state index is 12.8. The first-order chi connectivity index (χ1) is 10.9. The number of sulfonamides is 1. The molecule has 3 rings (SSSR count). The lowest BCUT2D eigenvalue weighted by Crippen LogP contribution is -2.52. The molecule has 2 bridgehead atoms. The van der Waals surface area contributed by atoms with Crippen LogP contribution >= 0.6 is 0 Å². The highest BCUT2D eigenvalue weighted by molar-refractivity contribution is 7.89. The molecule has 1 amide bonds. The fourth-order valence-corrected chi connectivity index (χ4v) is 5.30. The molecule has 0 aliphatic carbocycles. The van der Waals surface area contributed by atoms with Gasteiger partial charge in [0.05, 0.1) is 23.9 Å². The molecule has 0 saturated carbocycles. The maximum absolute atomic E-state index is 12.8. The van der Waals surface area contributed by atoms with Crippen LogP contribution in [0.5, 0.6) is 0 Å². The first-order valence-corrected chi connectivity index (χ1v) is 10.1. The highest BCUT2D eigenvalue weighted by Gasteiger charge is 2.48. The van der Waals surface area contributed by atoms with Gasteiger partial charge in [-0.25, -0.2) is 8.42 Å². The van der Waals surface area contributed by atoms with Crippen LogP contribution in [0, 0.1) is 5.92 Å². The molecule has 0 unspecified atom stereocenters. The van der Waals surface area contributed by atoms with Gasteiger partial charge in [0.15, 0.2) is 0 Å². The van der Waals surface area contributed by atoms with Crippen LogP contribution in [0.4, 0.5) is 0 Å². The van der Waals surface area contributed by atoms with Gasteiger partial charge in [-0.2, -0.15) is 4.31 Å². The number of hydrogen-bond acceptors (Lipinski definition) is 5. The van der Waals surface area contributed by atoms with Crippen molar-refractivity contribution in [2.75, 3.05) is 52.1 Å². The first kappa shape index (κ1) is 17.1. The van der Waals surface area contributed by atoms with Crippen LogP contribution in [0.1, 0.15) is 19.8 Å². The number of amides is 1. The van der Waals surface area contributed by atoms with Crippen LogP contribution in [0.3, 0.4) is 0 Å². The molecular formula is C15H27N3O4S.